The minimum Gasteiger partial charge on any atom is -0.507 e. The summed E-state index contributed by atoms with van der Waals surface area (Å²) in [5.74, 6) is -1.24. The Labute approximate surface area is 148 Å². The van der Waals surface area contributed by atoms with Crippen molar-refractivity contribution in [2.24, 2.45) is 0 Å². The normalized spacial score (nSPS) is 11.5. The van der Waals surface area contributed by atoms with Crippen molar-refractivity contribution in [3.05, 3.63) is 51.5 Å². The number of aromatic hydroxyl groups is 1. The molecule has 0 unspecified atom stereocenters. The molecule has 0 radical (unpaired) electrons. The molecule has 2 N–H and O–H groups in total. The second-order valence-electron chi connectivity index (χ2n) is 6.38. The Hall–Kier alpha value is -1.46. The maximum atomic E-state index is 11.6. The van der Waals surface area contributed by atoms with E-state index in [-0.39, 0.29) is 16.7 Å². The van der Waals surface area contributed by atoms with Crippen LogP contribution in [-0.2, 0) is 5.41 Å². The quantitative estimate of drug-likeness (QED) is 0.709. The average molecular weight is 395 g/mol. The van der Waals surface area contributed by atoms with Crippen molar-refractivity contribution in [3.8, 4) is 5.75 Å². The van der Waals surface area contributed by atoms with Gasteiger partial charge in [-0.2, -0.15) is 0 Å². The van der Waals surface area contributed by atoms with E-state index in [1.54, 1.807) is 6.92 Å². The van der Waals surface area contributed by atoms with Gasteiger partial charge in [0.15, 0.2) is 0 Å². The minimum absolute atomic E-state index is 0.0166. The fourth-order valence-electron chi connectivity index (χ4n) is 2.31. The summed E-state index contributed by atoms with van der Waals surface area (Å²) in [6.07, 6.45) is 0. The predicted molar refractivity (Wildman–Crippen MR) is 96.8 cm³/mol. The van der Waals surface area contributed by atoms with Gasteiger partial charge in [-0.05, 0) is 48.2 Å². The first-order valence-electron chi connectivity index (χ1n) is 7.15. The second-order valence-corrected chi connectivity index (χ2v) is 8.41. The van der Waals surface area contributed by atoms with E-state index in [0.29, 0.717) is 11.1 Å². The standard InChI is InChI=1S/C18H19BrO3S/c1-10-14(23-12-7-5-11(19)6-8-12)9-13(18(2,3)4)16(20)15(10)17(21)22/h5-9,20H,1-4H3,(H,21,22). The number of phenols is 1. The fourth-order valence-corrected chi connectivity index (χ4v) is 3.53. The van der Waals surface area contributed by atoms with Crippen LogP contribution >= 0.6 is 27.7 Å². The monoisotopic (exact) mass is 394 g/mol. The summed E-state index contributed by atoms with van der Waals surface area (Å²) in [4.78, 5) is 13.4. The number of halogens is 1. The van der Waals surface area contributed by atoms with Crippen molar-refractivity contribution in [3.63, 3.8) is 0 Å². The van der Waals surface area contributed by atoms with Crippen molar-refractivity contribution in [1.29, 1.82) is 0 Å². The molecule has 0 fully saturated rings. The molecule has 0 amide bonds. The predicted octanol–water partition coefficient (Wildman–Crippen LogP) is 5.61. The van der Waals surface area contributed by atoms with Crippen LogP contribution < -0.4 is 0 Å². The molecule has 0 spiro atoms. The van der Waals surface area contributed by atoms with E-state index in [0.717, 1.165) is 14.3 Å². The lowest BCUT2D eigenvalue weighted by molar-refractivity contribution is 0.0692. The lowest BCUT2D eigenvalue weighted by atomic mass is 9.84. The van der Waals surface area contributed by atoms with E-state index in [1.807, 2.05) is 51.1 Å². The number of benzene rings is 2. The van der Waals surface area contributed by atoms with Crippen molar-refractivity contribution in [2.75, 3.05) is 0 Å². The van der Waals surface area contributed by atoms with Gasteiger partial charge in [-0.25, -0.2) is 4.79 Å². The van der Waals surface area contributed by atoms with E-state index in [2.05, 4.69) is 15.9 Å². The van der Waals surface area contributed by atoms with Gasteiger partial charge in [-0.3, -0.25) is 0 Å². The summed E-state index contributed by atoms with van der Waals surface area (Å²) in [7, 11) is 0. The van der Waals surface area contributed by atoms with Crippen LogP contribution in [0.1, 0.15) is 42.3 Å². The third-order valence-electron chi connectivity index (χ3n) is 3.58. The lowest BCUT2D eigenvalue weighted by Gasteiger charge is -2.24. The van der Waals surface area contributed by atoms with Crippen LogP contribution in [0.3, 0.4) is 0 Å². The smallest absolute Gasteiger partial charge is 0.339 e. The molecule has 0 bridgehead atoms. The summed E-state index contributed by atoms with van der Waals surface area (Å²) in [6.45, 7) is 7.60. The Bertz CT molecular complexity index is 746. The van der Waals surface area contributed by atoms with E-state index < -0.39 is 5.97 Å². The van der Waals surface area contributed by atoms with Crippen LogP contribution in [0.2, 0.25) is 0 Å². The molecule has 3 nitrogen and oxygen atoms in total. The first-order chi connectivity index (χ1) is 10.6. The molecular weight excluding hydrogens is 376 g/mol. The average Bonchev–Trinajstić information content (AvgIpc) is 2.42. The van der Waals surface area contributed by atoms with Gasteiger partial charge < -0.3 is 10.2 Å². The van der Waals surface area contributed by atoms with Gasteiger partial charge in [0.25, 0.3) is 0 Å². The molecule has 2 aromatic carbocycles. The van der Waals surface area contributed by atoms with Crippen molar-refractivity contribution in [2.45, 2.75) is 42.9 Å². The number of hydrogen-bond donors (Lipinski definition) is 2. The Morgan fingerprint density at radius 2 is 1.74 bits per heavy atom. The first-order valence-corrected chi connectivity index (χ1v) is 8.76. The third-order valence-corrected chi connectivity index (χ3v) is 5.26. The summed E-state index contributed by atoms with van der Waals surface area (Å²) in [5.41, 5.74) is 0.852. The van der Waals surface area contributed by atoms with Gasteiger partial charge in [0, 0.05) is 19.8 Å². The Kier molecular flexibility index (Phi) is 5.11. The molecule has 0 saturated carbocycles. The van der Waals surface area contributed by atoms with Gasteiger partial charge in [0.05, 0.1) is 0 Å². The number of carbonyl (C=O) groups is 1. The maximum Gasteiger partial charge on any atom is 0.339 e. The number of rotatable bonds is 3. The van der Waals surface area contributed by atoms with Crippen molar-refractivity contribution < 1.29 is 15.0 Å². The fraction of sp³-hybridized carbons (Fsp3) is 0.278. The number of carboxylic acid groups (broad SMARTS) is 1. The van der Waals surface area contributed by atoms with Crippen LogP contribution in [0.5, 0.6) is 5.75 Å². The zero-order chi connectivity index (χ0) is 17.4. The van der Waals surface area contributed by atoms with Gasteiger partial charge in [0.1, 0.15) is 11.3 Å². The lowest BCUT2D eigenvalue weighted by Crippen LogP contribution is -2.14. The first kappa shape index (κ1) is 17.9. The highest BCUT2D eigenvalue weighted by molar-refractivity contribution is 9.10. The summed E-state index contributed by atoms with van der Waals surface area (Å²) >= 11 is 4.90. The molecule has 0 saturated heterocycles. The molecule has 0 aliphatic heterocycles. The van der Waals surface area contributed by atoms with Crippen molar-refractivity contribution >= 4 is 33.7 Å². The number of carboxylic acids is 1. The highest BCUT2D eigenvalue weighted by Gasteiger charge is 2.26. The molecule has 5 heteroatoms. The molecule has 0 atom stereocenters. The third kappa shape index (κ3) is 3.90. The van der Waals surface area contributed by atoms with Crippen LogP contribution in [0.4, 0.5) is 0 Å². The van der Waals surface area contributed by atoms with Gasteiger partial charge in [-0.1, -0.05) is 48.5 Å². The molecule has 0 aromatic heterocycles. The number of aromatic carboxylic acids is 1. The Morgan fingerprint density at radius 3 is 2.22 bits per heavy atom. The van der Waals surface area contributed by atoms with E-state index in [4.69, 9.17) is 0 Å². The molecule has 2 aromatic rings. The molecule has 23 heavy (non-hydrogen) atoms. The molecule has 0 heterocycles. The van der Waals surface area contributed by atoms with Gasteiger partial charge in [-0.15, -0.1) is 0 Å². The Balaban J connectivity index is 2.61. The molecule has 2 rings (SSSR count). The van der Waals surface area contributed by atoms with Crippen molar-refractivity contribution in [1.82, 2.24) is 0 Å². The topological polar surface area (TPSA) is 57.5 Å². The minimum atomic E-state index is -1.11. The van der Waals surface area contributed by atoms with Crippen LogP contribution in [0.25, 0.3) is 0 Å². The Morgan fingerprint density at radius 1 is 1.17 bits per heavy atom. The zero-order valence-electron chi connectivity index (χ0n) is 13.5. The van der Waals surface area contributed by atoms with E-state index in [9.17, 15) is 15.0 Å². The number of hydrogen-bond acceptors (Lipinski definition) is 3. The molecule has 122 valence electrons. The summed E-state index contributed by atoms with van der Waals surface area (Å²) in [5, 5.41) is 19.9. The van der Waals surface area contributed by atoms with E-state index in [1.165, 1.54) is 11.8 Å². The summed E-state index contributed by atoms with van der Waals surface area (Å²) < 4.78 is 0.992. The highest BCUT2D eigenvalue weighted by Crippen LogP contribution is 2.41. The molecule has 0 aliphatic rings. The SMILES string of the molecule is Cc1c(Sc2ccc(Br)cc2)cc(C(C)(C)C)c(O)c1C(=O)O. The maximum absolute atomic E-state index is 11.6. The van der Waals surface area contributed by atoms with Gasteiger partial charge >= 0.3 is 5.97 Å². The van der Waals surface area contributed by atoms with Gasteiger partial charge in [0.2, 0.25) is 0 Å². The second kappa shape index (κ2) is 6.57. The van der Waals surface area contributed by atoms with E-state index >= 15 is 0 Å². The molecular formula is C18H19BrO3S. The van der Waals surface area contributed by atoms with Crippen LogP contribution in [0, 0.1) is 6.92 Å². The van der Waals surface area contributed by atoms with Crippen LogP contribution in [-0.4, -0.2) is 16.2 Å². The largest absolute Gasteiger partial charge is 0.507 e. The highest BCUT2D eigenvalue weighted by atomic mass is 79.9. The summed E-state index contributed by atoms with van der Waals surface area (Å²) in [6, 6.07) is 9.72. The molecule has 0 aliphatic carbocycles. The van der Waals surface area contributed by atoms with Crippen LogP contribution in [0.15, 0.2) is 44.6 Å². The zero-order valence-corrected chi connectivity index (χ0v) is 15.9.